The number of hydrogen-bond donors (Lipinski definition) is 1. The monoisotopic (exact) mass is 321 g/mol. The van der Waals surface area contributed by atoms with E-state index in [0.29, 0.717) is 12.3 Å². The standard InChI is InChI=1S/C15H13F2N3OS/c16-13(17)8-21-11-3-1-2-10(6-11)7-18-14-12-4-5-22-15(12)20-9-19-14/h1-6,9,13H,7-8H2,(H,18,19,20). The number of nitrogens with zero attached hydrogens (tertiary/aromatic N) is 2. The molecule has 0 fully saturated rings. The minimum absolute atomic E-state index is 0.433. The summed E-state index contributed by atoms with van der Waals surface area (Å²) in [4.78, 5) is 9.34. The molecule has 0 saturated carbocycles. The Morgan fingerprint density at radius 2 is 2.14 bits per heavy atom. The maximum atomic E-state index is 12.2. The second-order valence-corrected chi connectivity index (χ2v) is 5.46. The van der Waals surface area contributed by atoms with Crippen LogP contribution in [0.2, 0.25) is 0 Å². The van der Waals surface area contributed by atoms with Gasteiger partial charge < -0.3 is 10.1 Å². The summed E-state index contributed by atoms with van der Waals surface area (Å²) in [6.07, 6.45) is -0.960. The van der Waals surface area contributed by atoms with Gasteiger partial charge in [-0.25, -0.2) is 18.7 Å². The lowest BCUT2D eigenvalue weighted by Gasteiger charge is -2.09. The summed E-state index contributed by atoms with van der Waals surface area (Å²) in [5, 5.41) is 6.17. The molecule has 0 unspecified atom stereocenters. The van der Waals surface area contributed by atoms with Gasteiger partial charge in [0.25, 0.3) is 6.43 Å². The maximum absolute atomic E-state index is 12.2. The Kier molecular flexibility index (Phi) is 4.43. The van der Waals surface area contributed by atoms with Gasteiger partial charge in [0.05, 0.1) is 5.39 Å². The normalized spacial score (nSPS) is 11.0. The van der Waals surface area contributed by atoms with Gasteiger partial charge in [-0.15, -0.1) is 11.3 Å². The van der Waals surface area contributed by atoms with Gasteiger partial charge in [-0.3, -0.25) is 0 Å². The van der Waals surface area contributed by atoms with Crippen LogP contribution in [0, 0.1) is 0 Å². The molecule has 0 aliphatic heterocycles. The zero-order valence-corrected chi connectivity index (χ0v) is 12.3. The Morgan fingerprint density at radius 3 is 3.00 bits per heavy atom. The van der Waals surface area contributed by atoms with E-state index >= 15 is 0 Å². The average molecular weight is 321 g/mol. The molecule has 3 aromatic rings. The van der Waals surface area contributed by atoms with Crippen molar-refractivity contribution in [2.24, 2.45) is 0 Å². The van der Waals surface area contributed by atoms with Gasteiger partial charge in [-0.1, -0.05) is 12.1 Å². The molecule has 3 rings (SSSR count). The molecule has 0 amide bonds. The van der Waals surface area contributed by atoms with Crippen LogP contribution < -0.4 is 10.1 Å². The first-order valence-corrected chi connectivity index (χ1v) is 7.52. The highest BCUT2D eigenvalue weighted by atomic mass is 32.1. The number of nitrogens with one attached hydrogen (secondary N) is 1. The van der Waals surface area contributed by atoms with Crippen molar-refractivity contribution < 1.29 is 13.5 Å². The van der Waals surface area contributed by atoms with Crippen molar-refractivity contribution >= 4 is 27.4 Å². The number of aromatic nitrogens is 2. The number of alkyl halides is 2. The van der Waals surface area contributed by atoms with E-state index in [1.54, 1.807) is 29.5 Å². The number of thiophene rings is 1. The first kappa shape index (κ1) is 14.6. The zero-order chi connectivity index (χ0) is 15.4. The van der Waals surface area contributed by atoms with E-state index < -0.39 is 13.0 Å². The predicted octanol–water partition coefficient (Wildman–Crippen LogP) is 3.95. The Balaban J connectivity index is 1.68. The van der Waals surface area contributed by atoms with Crippen LogP contribution >= 0.6 is 11.3 Å². The summed E-state index contributed by atoms with van der Waals surface area (Å²) in [6.45, 7) is -0.0772. The maximum Gasteiger partial charge on any atom is 0.272 e. The molecule has 1 N–H and O–H groups in total. The Bertz CT molecular complexity index is 763. The number of benzene rings is 1. The molecule has 0 atom stereocenters. The Labute approximate surface area is 129 Å². The lowest BCUT2D eigenvalue weighted by atomic mass is 10.2. The summed E-state index contributed by atoms with van der Waals surface area (Å²) in [6, 6.07) is 9.03. The molecule has 22 heavy (non-hydrogen) atoms. The van der Waals surface area contributed by atoms with Gasteiger partial charge in [-0.05, 0) is 29.1 Å². The van der Waals surface area contributed by atoms with Gasteiger partial charge in [-0.2, -0.15) is 0 Å². The molecule has 2 heterocycles. The summed E-state index contributed by atoms with van der Waals surface area (Å²) in [7, 11) is 0. The molecule has 0 bridgehead atoms. The number of fused-ring (bicyclic) bond motifs is 1. The fourth-order valence-electron chi connectivity index (χ4n) is 2.02. The Hall–Kier alpha value is -2.28. The summed E-state index contributed by atoms with van der Waals surface area (Å²) in [5.74, 6) is 1.19. The number of ether oxygens (including phenoxy) is 1. The van der Waals surface area contributed by atoms with E-state index in [1.807, 2.05) is 17.5 Å². The van der Waals surface area contributed by atoms with Crippen LogP contribution in [0.15, 0.2) is 42.0 Å². The number of halogens is 2. The summed E-state index contributed by atoms with van der Waals surface area (Å²) in [5.41, 5.74) is 0.925. The largest absolute Gasteiger partial charge is 0.488 e. The quantitative estimate of drug-likeness (QED) is 0.747. The number of rotatable bonds is 6. The minimum Gasteiger partial charge on any atom is -0.488 e. The van der Waals surface area contributed by atoms with Crippen molar-refractivity contribution in [1.29, 1.82) is 0 Å². The molecule has 0 saturated heterocycles. The molecule has 0 radical (unpaired) electrons. The predicted molar refractivity (Wildman–Crippen MR) is 82.7 cm³/mol. The molecule has 4 nitrogen and oxygen atoms in total. The third-order valence-electron chi connectivity index (χ3n) is 3.00. The molecule has 0 spiro atoms. The van der Waals surface area contributed by atoms with Gasteiger partial charge in [0.15, 0.2) is 0 Å². The van der Waals surface area contributed by atoms with Crippen molar-refractivity contribution in [3.8, 4) is 5.75 Å². The van der Waals surface area contributed by atoms with Gasteiger partial charge >= 0.3 is 0 Å². The van der Waals surface area contributed by atoms with Crippen LogP contribution in [0.4, 0.5) is 14.6 Å². The van der Waals surface area contributed by atoms with E-state index in [-0.39, 0.29) is 0 Å². The van der Waals surface area contributed by atoms with Crippen molar-refractivity contribution in [3.63, 3.8) is 0 Å². The van der Waals surface area contributed by atoms with E-state index in [4.69, 9.17) is 4.74 Å². The second-order valence-electron chi connectivity index (χ2n) is 4.56. The average Bonchev–Trinajstić information content (AvgIpc) is 3.00. The minimum atomic E-state index is -2.48. The highest BCUT2D eigenvalue weighted by molar-refractivity contribution is 7.16. The molecule has 7 heteroatoms. The van der Waals surface area contributed by atoms with Gasteiger partial charge in [0, 0.05) is 6.54 Å². The third-order valence-corrected chi connectivity index (χ3v) is 3.82. The van der Waals surface area contributed by atoms with Crippen LogP contribution in [0.3, 0.4) is 0 Å². The molecule has 0 aliphatic carbocycles. The van der Waals surface area contributed by atoms with Crippen molar-refractivity contribution in [1.82, 2.24) is 9.97 Å². The zero-order valence-electron chi connectivity index (χ0n) is 11.5. The fourth-order valence-corrected chi connectivity index (χ4v) is 2.75. The topological polar surface area (TPSA) is 47.0 Å². The summed E-state index contributed by atoms with van der Waals surface area (Å²) >= 11 is 1.55. The second kappa shape index (κ2) is 6.65. The molecule has 1 aromatic carbocycles. The third kappa shape index (κ3) is 3.48. The number of hydrogen-bond acceptors (Lipinski definition) is 5. The smallest absolute Gasteiger partial charge is 0.272 e. The van der Waals surface area contributed by atoms with Gasteiger partial charge in [0.1, 0.15) is 29.3 Å². The van der Waals surface area contributed by atoms with Crippen molar-refractivity contribution in [2.75, 3.05) is 11.9 Å². The SMILES string of the molecule is FC(F)COc1cccc(CNc2ncnc3sccc23)c1. The van der Waals surface area contributed by atoms with E-state index in [9.17, 15) is 8.78 Å². The fraction of sp³-hybridized carbons (Fsp3) is 0.200. The van der Waals surface area contributed by atoms with Crippen LogP contribution in [-0.2, 0) is 6.54 Å². The van der Waals surface area contributed by atoms with Gasteiger partial charge in [0.2, 0.25) is 0 Å². The lowest BCUT2D eigenvalue weighted by Crippen LogP contribution is -2.07. The van der Waals surface area contributed by atoms with E-state index in [0.717, 1.165) is 21.6 Å². The molecule has 114 valence electrons. The van der Waals surface area contributed by atoms with Crippen LogP contribution in [-0.4, -0.2) is 23.0 Å². The highest BCUT2D eigenvalue weighted by Crippen LogP contribution is 2.24. The molecule has 2 aromatic heterocycles. The van der Waals surface area contributed by atoms with Crippen LogP contribution in [0.25, 0.3) is 10.2 Å². The summed E-state index contributed by atoms with van der Waals surface area (Å²) < 4.78 is 29.3. The molecular weight excluding hydrogens is 308 g/mol. The lowest BCUT2D eigenvalue weighted by molar-refractivity contribution is 0.0818. The van der Waals surface area contributed by atoms with Crippen molar-refractivity contribution in [2.45, 2.75) is 13.0 Å². The Morgan fingerprint density at radius 1 is 1.23 bits per heavy atom. The van der Waals surface area contributed by atoms with Crippen LogP contribution in [0.1, 0.15) is 5.56 Å². The first-order valence-electron chi connectivity index (χ1n) is 6.64. The first-order chi connectivity index (χ1) is 10.7. The van der Waals surface area contributed by atoms with E-state index in [2.05, 4.69) is 15.3 Å². The van der Waals surface area contributed by atoms with Crippen molar-refractivity contribution in [3.05, 3.63) is 47.6 Å². The van der Waals surface area contributed by atoms with E-state index in [1.165, 1.54) is 6.33 Å². The number of anilines is 1. The molecule has 0 aliphatic rings. The van der Waals surface area contributed by atoms with Crippen LogP contribution in [0.5, 0.6) is 5.75 Å². The highest BCUT2D eigenvalue weighted by Gasteiger charge is 2.06. The molecular formula is C15H13F2N3OS.